The first kappa shape index (κ1) is 17.0. The molecule has 0 bridgehead atoms. The van der Waals surface area contributed by atoms with Crippen LogP contribution in [0.4, 0.5) is 11.4 Å². The van der Waals surface area contributed by atoms with Gasteiger partial charge in [0, 0.05) is 5.69 Å². The highest BCUT2D eigenvalue weighted by molar-refractivity contribution is 7.80. The summed E-state index contributed by atoms with van der Waals surface area (Å²) < 4.78 is 5.96. The molecule has 0 saturated carbocycles. The van der Waals surface area contributed by atoms with Crippen LogP contribution < -0.4 is 15.4 Å². The summed E-state index contributed by atoms with van der Waals surface area (Å²) in [6, 6.07) is 23.6. The number of thiocarbonyl (C=S) groups is 1. The molecule has 0 heterocycles. The maximum absolute atomic E-state index is 5.96. The summed E-state index contributed by atoms with van der Waals surface area (Å²) in [4.78, 5) is 0. The van der Waals surface area contributed by atoms with E-state index < -0.39 is 0 Å². The van der Waals surface area contributed by atoms with E-state index in [9.17, 15) is 0 Å². The largest absolute Gasteiger partial charge is 0.455 e. The minimum Gasteiger partial charge on any atom is -0.455 e. The van der Waals surface area contributed by atoms with Gasteiger partial charge >= 0.3 is 0 Å². The third kappa shape index (κ3) is 4.37. The van der Waals surface area contributed by atoms with Crippen LogP contribution in [0.5, 0.6) is 11.5 Å². The lowest BCUT2D eigenvalue weighted by Gasteiger charge is -2.17. The zero-order valence-electron chi connectivity index (χ0n) is 14.2. The lowest BCUT2D eigenvalue weighted by molar-refractivity contribution is 0.485. The Balaban J connectivity index is 1.76. The molecule has 3 aromatic carbocycles. The monoisotopic (exact) mass is 348 g/mol. The van der Waals surface area contributed by atoms with Gasteiger partial charge in [-0.05, 0) is 61.5 Å². The van der Waals surface area contributed by atoms with E-state index in [1.807, 2.05) is 60.7 Å². The van der Waals surface area contributed by atoms with E-state index in [-0.39, 0.29) is 0 Å². The summed E-state index contributed by atoms with van der Waals surface area (Å²) >= 11 is 5.48. The topological polar surface area (TPSA) is 33.3 Å². The third-order valence-corrected chi connectivity index (χ3v) is 4.03. The van der Waals surface area contributed by atoms with Gasteiger partial charge in [-0.2, -0.15) is 0 Å². The first-order valence-corrected chi connectivity index (χ1v) is 8.50. The molecule has 0 amide bonds. The average Bonchev–Trinajstić information content (AvgIpc) is 2.61. The highest BCUT2D eigenvalue weighted by atomic mass is 32.1. The molecule has 3 aromatic rings. The fourth-order valence-electron chi connectivity index (χ4n) is 2.55. The minimum absolute atomic E-state index is 0.529. The van der Waals surface area contributed by atoms with Gasteiger partial charge in [0.05, 0.1) is 5.69 Å². The molecule has 0 aliphatic heterocycles. The summed E-state index contributed by atoms with van der Waals surface area (Å²) in [6.07, 6.45) is 0. The van der Waals surface area contributed by atoms with Crippen molar-refractivity contribution in [1.29, 1.82) is 0 Å². The Bertz CT molecular complexity index is 858. The Kier molecular flexibility index (Phi) is 5.31. The molecule has 25 heavy (non-hydrogen) atoms. The number of para-hydroxylation sites is 4. The van der Waals surface area contributed by atoms with Crippen LogP contribution in [0.3, 0.4) is 0 Å². The van der Waals surface area contributed by atoms with Crippen molar-refractivity contribution in [3.8, 4) is 11.5 Å². The third-order valence-electron chi connectivity index (χ3n) is 3.83. The quantitative estimate of drug-likeness (QED) is 0.575. The number of hydrogen-bond acceptors (Lipinski definition) is 2. The van der Waals surface area contributed by atoms with Crippen molar-refractivity contribution in [3.05, 3.63) is 83.9 Å². The molecule has 0 unspecified atom stereocenters. The minimum atomic E-state index is 0.529. The maximum Gasteiger partial charge on any atom is 0.175 e. The van der Waals surface area contributed by atoms with E-state index in [1.54, 1.807) is 0 Å². The van der Waals surface area contributed by atoms with Gasteiger partial charge in [-0.15, -0.1) is 0 Å². The molecule has 2 N–H and O–H groups in total. The standard InChI is InChI=1S/C21H20N2OS/c1-15-9-8-10-16(2)20(15)23-21(25)22-18-13-6-7-14-19(18)24-17-11-4-3-5-12-17/h3-14H,1-2H3,(H2,22,23,25). The Morgan fingerprint density at radius 1 is 0.760 bits per heavy atom. The molecule has 3 nitrogen and oxygen atoms in total. The molecule has 0 aliphatic rings. The number of anilines is 2. The zero-order valence-corrected chi connectivity index (χ0v) is 15.1. The van der Waals surface area contributed by atoms with Crippen molar-refractivity contribution in [2.24, 2.45) is 0 Å². The summed E-state index contributed by atoms with van der Waals surface area (Å²) in [7, 11) is 0. The summed E-state index contributed by atoms with van der Waals surface area (Å²) in [5.41, 5.74) is 4.15. The Labute approximate surface area is 153 Å². The van der Waals surface area contributed by atoms with Gasteiger partial charge in [-0.25, -0.2) is 0 Å². The molecule has 4 heteroatoms. The van der Waals surface area contributed by atoms with E-state index in [2.05, 4.69) is 36.6 Å². The van der Waals surface area contributed by atoms with Crippen molar-refractivity contribution in [2.45, 2.75) is 13.8 Å². The van der Waals surface area contributed by atoms with E-state index in [0.29, 0.717) is 5.11 Å². The molecule has 0 fully saturated rings. The van der Waals surface area contributed by atoms with E-state index >= 15 is 0 Å². The lowest BCUT2D eigenvalue weighted by Crippen LogP contribution is -2.20. The van der Waals surface area contributed by atoms with Crippen LogP contribution in [-0.2, 0) is 0 Å². The molecular weight excluding hydrogens is 328 g/mol. The Morgan fingerprint density at radius 3 is 2.12 bits per heavy atom. The SMILES string of the molecule is Cc1cccc(C)c1NC(=S)Nc1ccccc1Oc1ccccc1. The van der Waals surface area contributed by atoms with Crippen molar-refractivity contribution >= 4 is 28.7 Å². The van der Waals surface area contributed by atoms with Gasteiger partial charge < -0.3 is 15.4 Å². The number of rotatable bonds is 4. The summed E-state index contributed by atoms with van der Waals surface area (Å²) in [5, 5.41) is 7.04. The van der Waals surface area contributed by atoms with Crippen LogP contribution in [-0.4, -0.2) is 5.11 Å². The Morgan fingerprint density at radius 2 is 1.40 bits per heavy atom. The number of hydrogen-bond donors (Lipinski definition) is 2. The molecule has 0 saturated heterocycles. The van der Waals surface area contributed by atoms with E-state index in [1.165, 1.54) is 0 Å². The fourth-order valence-corrected chi connectivity index (χ4v) is 2.77. The number of ether oxygens (including phenoxy) is 1. The van der Waals surface area contributed by atoms with E-state index in [4.69, 9.17) is 17.0 Å². The first-order chi connectivity index (χ1) is 12.1. The second kappa shape index (κ2) is 7.81. The predicted molar refractivity (Wildman–Crippen MR) is 109 cm³/mol. The highest BCUT2D eigenvalue weighted by Crippen LogP contribution is 2.29. The molecular formula is C21H20N2OS. The van der Waals surface area contributed by atoms with Gasteiger partial charge in [0.1, 0.15) is 5.75 Å². The van der Waals surface area contributed by atoms with Crippen LogP contribution in [0.25, 0.3) is 0 Å². The van der Waals surface area contributed by atoms with Gasteiger partial charge in [0.15, 0.2) is 10.9 Å². The van der Waals surface area contributed by atoms with Crippen molar-refractivity contribution < 1.29 is 4.74 Å². The lowest BCUT2D eigenvalue weighted by atomic mass is 10.1. The normalized spacial score (nSPS) is 10.2. The molecule has 126 valence electrons. The summed E-state index contributed by atoms with van der Waals surface area (Å²) in [6.45, 7) is 4.12. The summed E-state index contributed by atoms with van der Waals surface area (Å²) in [5.74, 6) is 1.50. The van der Waals surface area contributed by atoms with Crippen LogP contribution in [0, 0.1) is 13.8 Å². The van der Waals surface area contributed by atoms with Crippen LogP contribution in [0.15, 0.2) is 72.8 Å². The maximum atomic E-state index is 5.96. The molecule has 0 atom stereocenters. The number of aryl methyl sites for hydroxylation is 2. The van der Waals surface area contributed by atoms with Crippen LogP contribution >= 0.6 is 12.2 Å². The van der Waals surface area contributed by atoms with Crippen molar-refractivity contribution in [3.63, 3.8) is 0 Å². The van der Waals surface area contributed by atoms with Crippen molar-refractivity contribution in [2.75, 3.05) is 10.6 Å². The van der Waals surface area contributed by atoms with E-state index in [0.717, 1.165) is 34.0 Å². The highest BCUT2D eigenvalue weighted by Gasteiger charge is 2.08. The van der Waals surface area contributed by atoms with Crippen molar-refractivity contribution in [1.82, 2.24) is 0 Å². The second-order valence-electron chi connectivity index (χ2n) is 5.76. The molecule has 0 aliphatic carbocycles. The van der Waals surface area contributed by atoms with Gasteiger partial charge in [-0.1, -0.05) is 48.5 Å². The smallest absolute Gasteiger partial charge is 0.175 e. The van der Waals surface area contributed by atoms with Gasteiger partial charge in [-0.3, -0.25) is 0 Å². The molecule has 0 spiro atoms. The van der Waals surface area contributed by atoms with Crippen LogP contribution in [0.1, 0.15) is 11.1 Å². The van der Waals surface area contributed by atoms with Gasteiger partial charge in [0.2, 0.25) is 0 Å². The average molecular weight is 348 g/mol. The first-order valence-electron chi connectivity index (χ1n) is 8.09. The number of nitrogens with one attached hydrogen (secondary N) is 2. The molecule has 0 radical (unpaired) electrons. The number of benzene rings is 3. The molecule has 3 rings (SSSR count). The fraction of sp³-hybridized carbons (Fsp3) is 0.0952. The second-order valence-corrected chi connectivity index (χ2v) is 6.17. The zero-order chi connectivity index (χ0) is 17.6. The van der Waals surface area contributed by atoms with Crippen LogP contribution in [0.2, 0.25) is 0 Å². The predicted octanol–water partition coefficient (Wildman–Crippen LogP) is 5.90. The van der Waals surface area contributed by atoms with Gasteiger partial charge in [0.25, 0.3) is 0 Å². The Hall–Kier alpha value is -2.85. The molecule has 0 aromatic heterocycles.